The molecule has 38 heavy (non-hydrogen) atoms. The average Bonchev–Trinajstić information content (AvgIpc) is 3.32. The molecule has 3 aromatic rings. The third-order valence-corrected chi connectivity index (χ3v) is 6.89. The largest absolute Gasteiger partial charge is 0.444 e. The molecule has 2 aliphatic heterocycles. The highest BCUT2D eigenvalue weighted by Gasteiger charge is 2.36. The number of benzene rings is 2. The molecule has 1 atom stereocenters. The van der Waals surface area contributed by atoms with Crippen molar-refractivity contribution >= 4 is 22.8 Å². The number of nitrogens with zero attached hydrogens (tertiary/aromatic N) is 3. The molecule has 3 heterocycles. The van der Waals surface area contributed by atoms with Crippen molar-refractivity contribution in [1.82, 2.24) is 25.3 Å². The third-order valence-electron chi connectivity index (χ3n) is 6.89. The summed E-state index contributed by atoms with van der Waals surface area (Å²) >= 11 is 0. The van der Waals surface area contributed by atoms with Crippen LogP contribution in [0.3, 0.4) is 0 Å². The lowest BCUT2D eigenvalue weighted by molar-refractivity contribution is 0.0288. The summed E-state index contributed by atoms with van der Waals surface area (Å²) in [5.74, 6) is -0.929. The fourth-order valence-electron chi connectivity index (χ4n) is 4.99. The number of likely N-dealkylation sites (tertiary alicyclic amines) is 2. The Morgan fingerprint density at radius 2 is 1.79 bits per heavy atom. The van der Waals surface area contributed by atoms with E-state index in [1.165, 1.54) is 6.07 Å². The molecule has 2 amide bonds. The maximum atomic E-state index is 14.7. The molecule has 5 rings (SSSR count). The summed E-state index contributed by atoms with van der Waals surface area (Å²) in [4.78, 5) is 40.8. The number of halogens is 1. The molecule has 2 fully saturated rings. The molecule has 2 saturated heterocycles. The topological polar surface area (TPSA) is 108 Å². The number of aromatic nitrogens is 2. The quantitative estimate of drug-likeness (QED) is 0.535. The number of H-pyrrole nitrogens is 1. The van der Waals surface area contributed by atoms with Crippen LogP contribution in [0.25, 0.3) is 10.8 Å². The van der Waals surface area contributed by atoms with E-state index in [9.17, 15) is 18.8 Å². The van der Waals surface area contributed by atoms with Crippen LogP contribution in [0.1, 0.15) is 48.8 Å². The average molecular weight is 522 g/mol. The van der Waals surface area contributed by atoms with Crippen molar-refractivity contribution in [3.8, 4) is 0 Å². The van der Waals surface area contributed by atoms with Gasteiger partial charge in [-0.1, -0.05) is 24.3 Å². The maximum absolute atomic E-state index is 14.7. The highest BCUT2D eigenvalue weighted by molar-refractivity contribution is 5.95. The fraction of sp³-hybridized carbons (Fsp3) is 0.429. The standard InChI is InChI=1S/C28H32FN5O4/c1-28(2,3)38-27(37)33-11-10-18(14-33)30-19-15-34(16-19)26(36)22-12-17(8-9-23(22)29)13-24-20-6-4-5-7-21(20)25(35)32-31-24/h4-9,12,18-19,30H,10-11,13-16H2,1-3H3,(H,32,35)/t18-/m1/s1. The molecule has 2 aromatic carbocycles. The van der Waals surface area contributed by atoms with Crippen LogP contribution in [0.2, 0.25) is 0 Å². The molecule has 0 radical (unpaired) electrons. The Kier molecular flexibility index (Phi) is 6.92. The summed E-state index contributed by atoms with van der Waals surface area (Å²) in [6.45, 7) is 7.66. The zero-order valence-electron chi connectivity index (χ0n) is 21.8. The number of carbonyl (C=O) groups is 2. The fourth-order valence-corrected chi connectivity index (χ4v) is 4.99. The lowest BCUT2D eigenvalue weighted by Gasteiger charge is -2.41. The van der Waals surface area contributed by atoms with E-state index in [0.717, 1.165) is 17.4 Å². The Bertz CT molecular complexity index is 1430. The van der Waals surface area contributed by atoms with Gasteiger partial charge in [0.25, 0.3) is 11.5 Å². The monoisotopic (exact) mass is 521 g/mol. The Morgan fingerprint density at radius 3 is 2.53 bits per heavy atom. The molecule has 2 aliphatic rings. The van der Waals surface area contributed by atoms with Gasteiger partial charge in [0.2, 0.25) is 0 Å². The zero-order valence-corrected chi connectivity index (χ0v) is 21.8. The van der Waals surface area contributed by atoms with Gasteiger partial charge in [-0.25, -0.2) is 14.3 Å². The Hall–Kier alpha value is -3.79. The van der Waals surface area contributed by atoms with Gasteiger partial charge in [0.15, 0.2) is 0 Å². The minimum atomic E-state index is -0.571. The van der Waals surface area contributed by atoms with Gasteiger partial charge in [-0.05, 0) is 51.0 Å². The number of carbonyl (C=O) groups excluding carboxylic acids is 2. The number of fused-ring (bicyclic) bond motifs is 1. The lowest BCUT2D eigenvalue weighted by Crippen LogP contribution is -2.62. The van der Waals surface area contributed by atoms with Gasteiger partial charge in [-0.2, -0.15) is 5.10 Å². The van der Waals surface area contributed by atoms with Gasteiger partial charge < -0.3 is 19.9 Å². The van der Waals surface area contributed by atoms with Crippen LogP contribution in [0.4, 0.5) is 9.18 Å². The molecule has 0 bridgehead atoms. The smallest absolute Gasteiger partial charge is 0.410 e. The van der Waals surface area contributed by atoms with Gasteiger partial charge in [0.1, 0.15) is 11.4 Å². The van der Waals surface area contributed by atoms with E-state index < -0.39 is 11.4 Å². The molecule has 0 aliphatic carbocycles. The van der Waals surface area contributed by atoms with Crippen LogP contribution in [0.5, 0.6) is 0 Å². The van der Waals surface area contributed by atoms with Crippen molar-refractivity contribution < 1.29 is 18.7 Å². The van der Waals surface area contributed by atoms with Crippen molar-refractivity contribution in [3.05, 3.63) is 75.5 Å². The first kappa shape index (κ1) is 25.8. The minimum Gasteiger partial charge on any atom is -0.444 e. The molecule has 9 nitrogen and oxygen atoms in total. The first-order valence-electron chi connectivity index (χ1n) is 12.9. The van der Waals surface area contributed by atoms with E-state index in [1.807, 2.05) is 32.9 Å². The van der Waals surface area contributed by atoms with Gasteiger partial charge in [0, 0.05) is 50.1 Å². The maximum Gasteiger partial charge on any atom is 0.410 e. The van der Waals surface area contributed by atoms with Crippen LogP contribution in [0, 0.1) is 5.82 Å². The summed E-state index contributed by atoms with van der Waals surface area (Å²) in [7, 11) is 0. The third kappa shape index (κ3) is 5.55. The van der Waals surface area contributed by atoms with Gasteiger partial charge >= 0.3 is 6.09 Å². The van der Waals surface area contributed by atoms with E-state index in [2.05, 4.69) is 15.5 Å². The first-order valence-corrected chi connectivity index (χ1v) is 12.9. The van der Waals surface area contributed by atoms with E-state index in [4.69, 9.17) is 4.74 Å². The molecular formula is C28H32FN5O4. The van der Waals surface area contributed by atoms with Crippen LogP contribution in [-0.4, -0.2) is 75.9 Å². The highest BCUT2D eigenvalue weighted by Crippen LogP contribution is 2.22. The van der Waals surface area contributed by atoms with Crippen LogP contribution >= 0.6 is 0 Å². The molecule has 200 valence electrons. The predicted molar refractivity (Wildman–Crippen MR) is 141 cm³/mol. The number of aromatic amines is 1. The van der Waals surface area contributed by atoms with Crippen LogP contribution < -0.4 is 10.9 Å². The van der Waals surface area contributed by atoms with Crippen molar-refractivity contribution in [1.29, 1.82) is 0 Å². The van der Waals surface area contributed by atoms with E-state index in [-0.39, 0.29) is 35.2 Å². The van der Waals surface area contributed by atoms with Crippen molar-refractivity contribution in [3.63, 3.8) is 0 Å². The van der Waals surface area contributed by atoms with Crippen molar-refractivity contribution in [2.45, 2.75) is 51.3 Å². The summed E-state index contributed by atoms with van der Waals surface area (Å²) in [6.07, 6.45) is 0.846. The molecule has 0 saturated carbocycles. The molecular weight excluding hydrogens is 489 g/mol. The summed E-state index contributed by atoms with van der Waals surface area (Å²) in [5, 5.41) is 11.5. The molecule has 1 aromatic heterocycles. The van der Waals surface area contributed by atoms with E-state index in [1.54, 1.807) is 34.1 Å². The van der Waals surface area contributed by atoms with Crippen molar-refractivity contribution in [2.24, 2.45) is 0 Å². The second-order valence-corrected chi connectivity index (χ2v) is 11.0. The predicted octanol–water partition coefficient (Wildman–Crippen LogP) is 3.08. The minimum absolute atomic E-state index is 0.0200. The number of nitrogens with one attached hydrogen (secondary N) is 2. The van der Waals surface area contributed by atoms with Gasteiger partial charge in [0.05, 0.1) is 16.6 Å². The number of hydrogen-bond donors (Lipinski definition) is 2. The highest BCUT2D eigenvalue weighted by atomic mass is 19.1. The number of hydrogen-bond acceptors (Lipinski definition) is 6. The first-order chi connectivity index (χ1) is 18.1. The molecule has 0 unspecified atom stereocenters. The normalized spacial score (nSPS) is 18.1. The van der Waals surface area contributed by atoms with E-state index in [0.29, 0.717) is 43.7 Å². The van der Waals surface area contributed by atoms with Gasteiger partial charge in [-0.3, -0.25) is 9.59 Å². The summed E-state index contributed by atoms with van der Waals surface area (Å²) in [6, 6.07) is 11.9. The second kappa shape index (κ2) is 10.2. The van der Waals surface area contributed by atoms with Gasteiger partial charge in [-0.15, -0.1) is 0 Å². The number of rotatable bonds is 5. The Balaban J connectivity index is 1.18. The van der Waals surface area contributed by atoms with Crippen molar-refractivity contribution in [2.75, 3.05) is 26.2 Å². The second-order valence-electron chi connectivity index (χ2n) is 11.0. The molecule has 2 N–H and O–H groups in total. The Morgan fingerprint density at radius 1 is 1.08 bits per heavy atom. The number of ether oxygens (including phenoxy) is 1. The number of amides is 2. The van der Waals surface area contributed by atoms with Crippen LogP contribution in [-0.2, 0) is 11.2 Å². The Labute approximate surface area is 220 Å². The van der Waals surface area contributed by atoms with E-state index >= 15 is 0 Å². The molecule has 10 heteroatoms. The summed E-state index contributed by atoms with van der Waals surface area (Å²) in [5.41, 5.74) is 0.592. The zero-order chi connectivity index (χ0) is 27.0. The van der Waals surface area contributed by atoms with Crippen LogP contribution in [0.15, 0.2) is 47.3 Å². The molecule has 0 spiro atoms. The SMILES string of the molecule is CC(C)(C)OC(=O)N1CC[C@@H](NC2CN(C(=O)c3cc(Cc4n[nH]c(=O)c5ccccc45)ccc3F)C2)C1. The lowest BCUT2D eigenvalue weighted by atomic mass is 10.0. The summed E-state index contributed by atoms with van der Waals surface area (Å²) < 4.78 is 20.1.